The fourth-order valence-corrected chi connectivity index (χ4v) is 2.41. The zero-order valence-corrected chi connectivity index (χ0v) is 10.8. The first-order valence-electron chi connectivity index (χ1n) is 6.47. The molecule has 1 aromatic heterocycles. The molecule has 1 N–H and O–H groups in total. The number of H-pyrrole nitrogens is 1. The number of nitrogens with zero attached hydrogens (tertiary/aromatic N) is 1. The van der Waals surface area contributed by atoms with Crippen LogP contribution in [0, 0.1) is 11.6 Å². The normalized spacial score (nSPS) is 13.6. The summed E-state index contributed by atoms with van der Waals surface area (Å²) in [5, 5.41) is 0. The molecule has 3 aromatic rings. The molecule has 0 saturated carbocycles. The Balaban J connectivity index is 1.93. The van der Waals surface area contributed by atoms with Crippen molar-refractivity contribution >= 4 is 11.0 Å². The molecule has 2 aromatic carbocycles. The summed E-state index contributed by atoms with van der Waals surface area (Å²) in [6, 6.07) is 7.91. The number of halogens is 2. The summed E-state index contributed by atoms with van der Waals surface area (Å²) in [5.74, 6) is -0.293. The molecule has 4 rings (SSSR count). The minimum Gasteiger partial charge on any atom is -0.486 e. The first kappa shape index (κ1) is 12.1. The summed E-state index contributed by atoms with van der Waals surface area (Å²) < 4.78 is 38.1. The van der Waals surface area contributed by atoms with Crippen LogP contribution in [0.4, 0.5) is 8.78 Å². The maximum atomic E-state index is 13.8. The first-order chi connectivity index (χ1) is 10.2. The van der Waals surface area contributed by atoms with Crippen LogP contribution in [0.5, 0.6) is 11.5 Å². The molecular weight excluding hydrogens is 278 g/mol. The number of fused-ring (bicyclic) bond motifs is 2. The van der Waals surface area contributed by atoms with Gasteiger partial charge in [-0.1, -0.05) is 6.07 Å². The van der Waals surface area contributed by atoms with E-state index in [1.54, 1.807) is 18.2 Å². The van der Waals surface area contributed by atoms with Crippen molar-refractivity contribution in [3.05, 3.63) is 42.0 Å². The van der Waals surface area contributed by atoms with Gasteiger partial charge in [0.05, 0.1) is 11.1 Å². The Labute approximate surface area is 118 Å². The molecule has 21 heavy (non-hydrogen) atoms. The predicted octanol–water partition coefficient (Wildman–Crippen LogP) is 3.28. The minimum absolute atomic E-state index is 0.0284. The lowest BCUT2D eigenvalue weighted by Gasteiger charge is -2.20. The first-order valence-corrected chi connectivity index (χ1v) is 6.47. The van der Waals surface area contributed by atoms with Crippen LogP contribution in [0.25, 0.3) is 22.4 Å². The Morgan fingerprint density at radius 3 is 2.81 bits per heavy atom. The summed E-state index contributed by atoms with van der Waals surface area (Å²) >= 11 is 0. The third-order valence-electron chi connectivity index (χ3n) is 3.37. The highest BCUT2D eigenvalue weighted by molar-refractivity contribution is 5.82. The summed E-state index contributed by atoms with van der Waals surface area (Å²) in [5.41, 5.74) is 1.06. The van der Waals surface area contributed by atoms with E-state index in [4.69, 9.17) is 9.47 Å². The highest BCUT2D eigenvalue weighted by atomic mass is 19.2. The predicted molar refractivity (Wildman–Crippen MR) is 72.4 cm³/mol. The van der Waals surface area contributed by atoms with Gasteiger partial charge in [0.1, 0.15) is 24.6 Å². The number of hydrogen-bond donors (Lipinski definition) is 1. The molecule has 0 aliphatic carbocycles. The fraction of sp³-hybridized carbons (Fsp3) is 0.133. The SMILES string of the molecule is Fc1ccc2[nH]c(-c3cccc4c3OCCO4)nc2c1F. The van der Waals surface area contributed by atoms with Crippen molar-refractivity contribution in [1.82, 2.24) is 9.97 Å². The molecule has 0 unspecified atom stereocenters. The van der Waals surface area contributed by atoms with E-state index in [1.807, 2.05) is 0 Å². The monoisotopic (exact) mass is 288 g/mol. The molecule has 4 nitrogen and oxygen atoms in total. The van der Waals surface area contributed by atoms with Crippen LogP contribution >= 0.6 is 0 Å². The van der Waals surface area contributed by atoms with Crippen molar-refractivity contribution in [2.45, 2.75) is 0 Å². The highest BCUT2D eigenvalue weighted by Gasteiger charge is 2.20. The van der Waals surface area contributed by atoms with E-state index in [-0.39, 0.29) is 5.52 Å². The van der Waals surface area contributed by atoms with Crippen LogP contribution in [0.2, 0.25) is 0 Å². The van der Waals surface area contributed by atoms with Gasteiger partial charge in [-0.25, -0.2) is 13.8 Å². The molecule has 6 heteroatoms. The number of aromatic amines is 1. The molecule has 0 radical (unpaired) electrons. The van der Waals surface area contributed by atoms with E-state index in [9.17, 15) is 8.78 Å². The van der Waals surface area contributed by atoms with Crippen molar-refractivity contribution in [2.24, 2.45) is 0 Å². The largest absolute Gasteiger partial charge is 0.486 e. The third-order valence-corrected chi connectivity index (χ3v) is 3.37. The summed E-state index contributed by atoms with van der Waals surface area (Å²) in [6.45, 7) is 0.920. The molecule has 2 heterocycles. The number of aromatic nitrogens is 2. The standard InChI is InChI=1S/C15H10F2N2O2/c16-9-4-5-10-13(12(9)17)19-15(18-10)8-2-1-3-11-14(8)21-7-6-20-11/h1-5H,6-7H2,(H,18,19). The molecule has 0 saturated heterocycles. The number of hydrogen-bond acceptors (Lipinski definition) is 3. The van der Waals surface area contributed by atoms with Gasteiger partial charge in [0.15, 0.2) is 23.1 Å². The third kappa shape index (κ3) is 1.83. The van der Waals surface area contributed by atoms with Gasteiger partial charge in [0, 0.05) is 0 Å². The van der Waals surface area contributed by atoms with Crippen molar-refractivity contribution < 1.29 is 18.3 Å². The van der Waals surface area contributed by atoms with Gasteiger partial charge in [-0.15, -0.1) is 0 Å². The molecule has 0 bridgehead atoms. The molecule has 0 spiro atoms. The fourth-order valence-electron chi connectivity index (χ4n) is 2.41. The molecule has 0 fully saturated rings. The van der Waals surface area contributed by atoms with Gasteiger partial charge in [0.2, 0.25) is 0 Å². The summed E-state index contributed by atoms with van der Waals surface area (Å²) in [6.07, 6.45) is 0. The van der Waals surface area contributed by atoms with Gasteiger partial charge in [-0.05, 0) is 24.3 Å². The van der Waals surface area contributed by atoms with Crippen molar-refractivity contribution in [3.63, 3.8) is 0 Å². The average molecular weight is 288 g/mol. The number of ether oxygens (including phenoxy) is 2. The van der Waals surface area contributed by atoms with Crippen molar-refractivity contribution in [3.8, 4) is 22.9 Å². The van der Waals surface area contributed by atoms with E-state index in [2.05, 4.69) is 9.97 Å². The van der Waals surface area contributed by atoms with Gasteiger partial charge in [-0.2, -0.15) is 0 Å². The minimum atomic E-state index is -0.961. The Kier molecular flexibility index (Phi) is 2.57. The number of nitrogens with one attached hydrogen (secondary N) is 1. The van der Waals surface area contributed by atoms with Gasteiger partial charge < -0.3 is 14.5 Å². The number of para-hydroxylation sites is 1. The van der Waals surface area contributed by atoms with E-state index >= 15 is 0 Å². The maximum Gasteiger partial charge on any atom is 0.186 e. The van der Waals surface area contributed by atoms with Crippen molar-refractivity contribution in [2.75, 3.05) is 13.2 Å². The smallest absolute Gasteiger partial charge is 0.186 e. The zero-order valence-electron chi connectivity index (χ0n) is 10.8. The van der Waals surface area contributed by atoms with E-state index in [0.717, 1.165) is 6.07 Å². The quantitative estimate of drug-likeness (QED) is 0.747. The summed E-state index contributed by atoms with van der Waals surface area (Å²) in [7, 11) is 0. The van der Waals surface area contributed by atoms with Crippen LogP contribution < -0.4 is 9.47 Å². The lowest BCUT2D eigenvalue weighted by molar-refractivity contribution is 0.172. The lowest BCUT2D eigenvalue weighted by atomic mass is 10.1. The van der Waals surface area contributed by atoms with E-state index < -0.39 is 11.6 Å². The lowest BCUT2D eigenvalue weighted by Crippen LogP contribution is -2.15. The van der Waals surface area contributed by atoms with Gasteiger partial charge >= 0.3 is 0 Å². The average Bonchev–Trinajstić information content (AvgIpc) is 2.95. The molecular formula is C15H10F2N2O2. The zero-order chi connectivity index (χ0) is 14.4. The Morgan fingerprint density at radius 2 is 1.90 bits per heavy atom. The van der Waals surface area contributed by atoms with Crippen LogP contribution in [0.1, 0.15) is 0 Å². The van der Waals surface area contributed by atoms with E-state index in [0.29, 0.717) is 41.6 Å². The molecule has 0 atom stereocenters. The number of rotatable bonds is 1. The Morgan fingerprint density at radius 1 is 1.05 bits per heavy atom. The summed E-state index contributed by atoms with van der Waals surface area (Å²) in [4.78, 5) is 7.12. The second-order valence-electron chi connectivity index (χ2n) is 4.67. The molecule has 106 valence electrons. The molecule has 1 aliphatic rings. The van der Waals surface area contributed by atoms with Crippen LogP contribution in [-0.4, -0.2) is 23.2 Å². The maximum absolute atomic E-state index is 13.8. The van der Waals surface area contributed by atoms with Gasteiger partial charge in [-0.3, -0.25) is 0 Å². The van der Waals surface area contributed by atoms with Crippen LogP contribution in [0.15, 0.2) is 30.3 Å². The number of imidazole rings is 1. The van der Waals surface area contributed by atoms with Gasteiger partial charge in [0.25, 0.3) is 0 Å². The molecule has 1 aliphatic heterocycles. The van der Waals surface area contributed by atoms with E-state index in [1.165, 1.54) is 6.07 Å². The second kappa shape index (κ2) is 4.44. The van der Waals surface area contributed by atoms with Crippen LogP contribution in [-0.2, 0) is 0 Å². The Bertz CT molecular complexity index is 845. The Hall–Kier alpha value is -2.63. The number of benzene rings is 2. The van der Waals surface area contributed by atoms with Crippen molar-refractivity contribution in [1.29, 1.82) is 0 Å². The topological polar surface area (TPSA) is 47.1 Å². The highest BCUT2D eigenvalue weighted by Crippen LogP contribution is 2.39. The second-order valence-corrected chi connectivity index (χ2v) is 4.67. The molecule has 0 amide bonds. The van der Waals surface area contributed by atoms with Crippen LogP contribution in [0.3, 0.4) is 0 Å².